The molecular weight excluding hydrogens is 330 g/mol. The van der Waals surface area contributed by atoms with Gasteiger partial charge in [-0.15, -0.1) is 10.2 Å². The summed E-state index contributed by atoms with van der Waals surface area (Å²) in [6, 6.07) is 13.6. The molecule has 0 saturated carbocycles. The van der Waals surface area contributed by atoms with Gasteiger partial charge in [-0.25, -0.2) is 0 Å². The number of nitrogens with one attached hydrogen (secondary N) is 1. The summed E-state index contributed by atoms with van der Waals surface area (Å²) in [5, 5.41) is 12.3. The number of pyridine rings is 1. The van der Waals surface area contributed by atoms with Crippen LogP contribution in [0.4, 0.5) is 0 Å². The molecule has 26 heavy (non-hydrogen) atoms. The molecule has 3 aromatic heterocycles. The van der Waals surface area contributed by atoms with Crippen LogP contribution < -0.4 is 10.1 Å². The van der Waals surface area contributed by atoms with Crippen LogP contribution in [0.15, 0.2) is 54.9 Å². The van der Waals surface area contributed by atoms with Crippen molar-refractivity contribution in [2.24, 2.45) is 0 Å². The zero-order valence-corrected chi connectivity index (χ0v) is 14.4. The summed E-state index contributed by atoms with van der Waals surface area (Å²) in [6.07, 6.45) is 4.46. The van der Waals surface area contributed by atoms with E-state index in [1.165, 1.54) is 0 Å². The number of hydrogen-bond acceptors (Lipinski definition) is 4. The van der Waals surface area contributed by atoms with Gasteiger partial charge in [-0.05, 0) is 36.4 Å². The van der Waals surface area contributed by atoms with Gasteiger partial charge in [0.1, 0.15) is 18.1 Å². The molecule has 7 heteroatoms. The minimum absolute atomic E-state index is 0.0351. The van der Waals surface area contributed by atoms with Crippen molar-refractivity contribution in [1.29, 1.82) is 0 Å². The molecule has 1 aromatic carbocycles. The minimum atomic E-state index is -0.0351. The predicted octanol–water partition coefficient (Wildman–Crippen LogP) is 2.05. The molecule has 0 spiro atoms. The molecule has 0 radical (unpaired) electrons. The molecule has 0 aliphatic rings. The highest BCUT2D eigenvalue weighted by Crippen LogP contribution is 2.21. The van der Waals surface area contributed by atoms with E-state index in [0.29, 0.717) is 13.0 Å². The van der Waals surface area contributed by atoms with Gasteiger partial charge in [-0.2, -0.15) is 0 Å². The lowest BCUT2D eigenvalue weighted by molar-refractivity contribution is -0.121. The fourth-order valence-electron chi connectivity index (χ4n) is 3.03. The predicted molar refractivity (Wildman–Crippen MR) is 98.2 cm³/mol. The molecule has 0 saturated heterocycles. The summed E-state index contributed by atoms with van der Waals surface area (Å²) >= 11 is 0. The Hall–Kier alpha value is -3.35. The van der Waals surface area contributed by atoms with Crippen LogP contribution in [-0.2, 0) is 17.8 Å². The fraction of sp³-hybridized carbons (Fsp3) is 0.211. The monoisotopic (exact) mass is 349 g/mol. The number of aromatic nitrogens is 4. The average molecular weight is 349 g/mol. The molecule has 4 rings (SSSR count). The second kappa shape index (κ2) is 6.87. The Labute approximate surface area is 150 Å². The first-order valence-electron chi connectivity index (χ1n) is 8.43. The second-order valence-electron chi connectivity index (χ2n) is 6.01. The summed E-state index contributed by atoms with van der Waals surface area (Å²) in [5.74, 6) is 1.60. The van der Waals surface area contributed by atoms with Crippen LogP contribution in [0, 0.1) is 0 Å². The Morgan fingerprint density at radius 2 is 2.08 bits per heavy atom. The first-order chi connectivity index (χ1) is 12.7. The fourth-order valence-corrected chi connectivity index (χ4v) is 3.03. The van der Waals surface area contributed by atoms with E-state index in [0.717, 1.165) is 28.1 Å². The SMILES string of the molecule is COc1ccc2c(ccn2CC(=O)NCCc2nnc3ccccn23)c1. The number of carbonyl (C=O) groups excluding carboxylic acids is 1. The van der Waals surface area contributed by atoms with Crippen molar-refractivity contribution in [1.82, 2.24) is 24.5 Å². The van der Waals surface area contributed by atoms with E-state index < -0.39 is 0 Å². The average Bonchev–Trinajstić information content (AvgIpc) is 3.26. The van der Waals surface area contributed by atoms with Crippen LogP contribution in [0.5, 0.6) is 5.75 Å². The van der Waals surface area contributed by atoms with Crippen molar-refractivity contribution in [2.75, 3.05) is 13.7 Å². The van der Waals surface area contributed by atoms with E-state index in [-0.39, 0.29) is 12.5 Å². The molecule has 4 aromatic rings. The second-order valence-corrected chi connectivity index (χ2v) is 6.01. The van der Waals surface area contributed by atoms with E-state index >= 15 is 0 Å². The molecule has 7 nitrogen and oxygen atoms in total. The molecule has 132 valence electrons. The number of nitrogens with zero attached hydrogens (tertiary/aromatic N) is 4. The summed E-state index contributed by atoms with van der Waals surface area (Å²) in [4.78, 5) is 12.3. The first kappa shape index (κ1) is 16.1. The normalized spacial score (nSPS) is 11.1. The van der Waals surface area contributed by atoms with Gasteiger partial charge in [-0.3, -0.25) is 9.20 Å². The van der Waals surface area contributed by atoms with E-state index in [9.17, 15) is 4.79 Å². The van der Waals surface area contributed by atoms with E-state index in [4.69, 9.17) is 4.74 Å². The largest absolute Gasteiger partial charge is 0.497 e. The number of fused-ring (bicyclic) bond motifs is 2. The van der Waals surface area contributed by atoms with Crippen molar-refractivity contribution in [3.63, 3.8) is 0 Å². The molecule has 0 atom stereocenters. The number of ether oxygens (including phenoxy) is 1. The maximum atomic E-state index is 12.3. The van der Waals surface area contributed by atoms with Gasteiger partial charge in [0.2, 0.25) is 5.91 Å². The molecular formula is C19H19N5O2. The van der Waals surface area contributed by atoms with Crippen molar-refractivity contribution < 1.29 is 9.53 Å². The number of rotatable bonds is 6. The van der Waals surface area contributed by atoms with Crippen LogP contribution in [0.1, 0.15) is 5.82 Å². The van der Waals surface area contributed by atoms with Crippen molar-refractivity contribution in [2.45, 2.75) is 13.0 Å². The highest BCUT2D eigenvalue weighted by atomic mass is 16.5. The Balaban J connectivity index is 1.37. The van der Waals surface area contributed by atoms with Crippen molar-refractivity contribution in [3.8, 4) is 5.75 Å². The number of hydrogen-bond donors (Lipinski definition) is 1. The first-order valence-corrected chi connectivity index (χ1v) is 8.43. The Morgan fingerprint density at radius 3 is 2.96 bits per heavy atom. The summed E-state index contributed by atoms with van der Waals surface area (Å²) in [5.41, 5.74) is 1.81. The molecule has 3 heterocycles. The Bertz CT molecular complexity index is 1070. The molecule has 1 amide bonds. The molecule has 1 N–H and O–H groups in total. The Morgan fingerprint density at radius 1 is 1.15 bits per heavy atom. The number of benzene rings is 1. The van der Waals surface area contributed by atoms with Crippen LogP contribution in [-0.4, -0.2) is 38.7 Å². The van der Waals surface area contributed by atoms with Crippen LogP contribution in [0.2, 0.25) is 0 Å². The molecule has 0 aliphatic carbocycles. The van der Waals surface area contributed by atoms with E-state index in [1.54, 1.807) is 7.11 Å². The molecule has 0 unspecified atom stereocenters. The maximum Gasteiger partial charge on any atom is 0.239 e. The van der Waals surface area contributed by atoms with Gasteiger partial charge < -0.3 is 14.6 Å². The Kier molecular flexibility index (Phi) is 4.27. The van der Waals surface area contributed by atoms with Crippen LogP contribution in [0.25, 0.3) is 16.6 Å². The van der Waals surface area contributed by atoms with Crippen LogP contribution >= 0.6 is 0 Å². The molecule has 0 bridgehead atoms. The van der Waals surface area contributed by atoms with Gasteiger partial charge in [0.05, 0.1) is 7.11 Å². The van der Waals surface area contributed by atoms with Gasteiger partial charge >= 0.3 is 0 Å². The highest BCUT2D eigenvalue weighted by Gasteiger charge is 2.08. The van der Waals surface area contributed by atoms with Gasteiger partial charge in [-0.1, -0.05) is 6.07 Å². The van der Waals surface area contributed by atoms with Gasteiger partial charge in [0.15, 0.2) is 5.65 Å². The standard InChI is InChI=1S/C19H19N5O2/c1-26-15-5-6-16-14(12-15)8-11-23(16)13-19(25)20-9-7-18-22-21-17-4-2-3-10-24(17)18/h2-6,8,10-12H,7,9,13H2,1H3,(H,20,25). The summed E-state index contributed by atoms with van der Waals surface area (Å²) in [6.45, 7) is 0.790. The number of amides is 1. The molecule has 0 fully saturated rings. The smallest absolute Gasteiger partial charge is 0.239 e. The zero-order chi connectivity index (χ0) is 17.9. The van der Waals surface area contributed by atoms with E-state index in [1.807, 2.05) is 63.8 Å². The zero-order valence-electron chi connectivity index (χ0n) is 14.4. The summed E-state index contributed by atoms with van der Waals surface area (Å²) in [7, 11) is 1.64. The summed E-state index contributed by atoms with van der Waals surface area (Å²) < 4.78 is 9.09. The lowest BCUT2D eigenvalue weighted by atomic mass is 10.2. The number of methoxy groups -OCH3 is 1. The third-order valence-corrected chi connectivity index (χ3v) is 4.35. The minimum Gasteiger partial charge on any atom is -0.497 e. The van der Waals surface area contributed by atoms with Crippen molar-refractivity contribution >= 4 is 22.5 Å². The maximum absolute atomic E-state index is 12.3. The van der Waals surface area contributed by atoms with Crippen LogP contribution in [0.3, 0.4) is 0 Å². The third kappa shape index (κ3) is 3.11. The lowest BCUT2D eigenvalue weighted by Gasteiger charge is -2.07. The quantitative estimate of drug-likeness (QED) is 0.578. The van der Waals surface area contributed by atoms with E-state index in [2.05, 4.69) is 15.5 Å². The lowest BCUT2D eigenvalue weighted by Crippen LogP contribution is -2.29. The van der Waals surface area contributed by atoms with Gasteiger partial charge in [0.25, 0.3) is 0 Å². The number of carbonyl (C=O) groups is 1. The highest BCUT2D eigenvalue weighted by molar-refractivity contribution is 5.84. The topological polar surface area (TPSA) is 73.4 Å². The molecule has 0 aliphatic heterocycles. The van der Waals surface area contributed by atoms with Gasteiger partial charge in [0, 0.05) is 36.3 Å². The third-order valence-electron chi connectivity index (χ3n) is 4.35. The van der Waals surface area contributed by atoms with Crippen molar-refractivity contribution in [3.05, 3.63) is 60.7 Å².